The molecular weight excluding hydrogens is 438 g/mol. The Morgan fingerprint density at radius 2 is 2.00 bits per heavy atom. The second kappa shape index (κ2) is 8.54. The van der Waals surface area contributed by atoms with E-state index in [1.54, 1.807) is 19.2 Å². The third-order valence-electron chi connectivity index (χ3n) is 6.30. The lowest BCUT2D eigenvalue weighted by atomic mass is 9.97. The van der Waals surface area contributed by atoms with E-state index < -0.39 is 17.4 Å². The molecule has 1 aromatic carbocycles. The van der Waals surface area contributed by atoms with Gasteiger partial charge in [-0.15, -0.1) is 0 Å². The number of pyridine rings is 1. The van der Waals surface area contributed by atoms with Crippen molar-refractivity contribution >= 4 is 17.5 Å². The van der Waals surface area contributed by atoms with Gasteiger partial charge >= 0.3 is 0 Å². The molecule has 34 heavy (non-hydrogen) atoms. The molecule has 0 spiro atoms. The van der Waals surface area contributed by atoms with Gasteiger partial charge < -0.3 is 30.3 Å². The summed E-state index contributed by atoms with van der Waals surface area (Å²) in [6.07, 6.45) is 0.241. The Morgan fingerprint density at radius 1 is 1.24 bits per heavy atom. The van der Waals surface area contributed by atoms with Gasteiger partial charge in [0.25, 0.3) is 11.8 Å². The maximum Gasteiger partial charge on any atom is 0.269 e. The van der Waals surface area contributed by atoms with Crippen LogP contribution in [0.4, 0.5) is 5.69 Å². The zero-order chi connectivity index (χ0) is 23.9. The van der Waals surface area contributed by atoms with Gasteiger partial charge in [-0.2, -0.15) is 0 Å². The number of hydrogen-bond acceptors (Lipinski definition) is 8. The Hall–Kier alpha value is -3.76. The number of aromatic nitrogens is 2. The molecule has 0 bridgehead atoms. The van der Waals surface area contributed by atoms with Gasteiger partial charge in [0.15, 0.2) is 11.5 Å². The van der Waals surface area contributed by atoms with Crippen LogP contribution >= 0.6 is 0 Å². The standard InChI is InChI=1S/C24H25N5O5/c1-29-8-7-24(32,23(29)31)20-10-19(28-34-20)16-4-2-3-15(9-16)17-5-6-18(21(27-17)22(25)30)26-11-14-12-33-13-14/h2-6,9-10,14,26,32H,7-8,11-13H2,1H3,(H2,25,30). The van der Waals surface area contributed by atoms with Crippen molar-refractivity contribution in [3.8, 4) is 22.5 Å². The summed E-state index contributed by atoms with van der Waals surface area (Å²) in [6.45, 7) is 2.51. The molecule has 0 radical (unpaired) electrons. The molecule has 176 valence electrons. The van der Waals surface area contributed by atoms with Crippen molar-refractivity contribution in [2.24, 2.45) is 11.7 Å². The summed E-state index contributed by atoms with van der Waals surface area (Å²) >= 11 is 0. The molecule has 2 amide bonds. The first-order valence-electron chi connectivity index (χ1n) is 11.0. The highest BCUT2D eigenvalue weighted by Gasteiger charge is 2.48. The van der Waals surface area contributed by atoms with Crippen molar-refractivity contribution in [3.63, 3.8) is 0 Å². The Morgan fingerprint density at radius 3 is 2.65 bits per heavy atom. The van der Waals surface area contributed by atoms with Crippen LogP contribution in [0.15, 0.2) is 47.0 Å². The second-order valence-electron chi connectivity index (χ2n) is 8.74. The molecule has 0 aliphatic carbocycles. The van der Waals surface area contributed by atoms with Gasteiger partial charge in [0.1, 0.15) is 5.69 Å². The summed E-state index contributed by atoms with van der Waals surface area (Å²) < 4.78 is 10.5. The number of rotatable bonds is 7. The molecule has 2 aliphatic rings. The van der Waals surface area contributed by atoms with E-state index in [2.05, 4.69) is 15.5 Å². The molecule has 4 heterocycles. The van der Waals surface area contributed by atoms with E-state index in [0.29, 0.717) is 54.9 Å². The average molecular weight is 463 g/mol. The van der Waals surface area contributed by atoms with Gasteiger partial charge in [-0.1, -0.05) is 23.4 Å². The molecule has 0 saturated carbocycles. The predicted molar refractivity (Wildman–Crippen MR) is 123 cm³/mol. The largest absolute Gasteiger partial charge is 0.383 e. The molecule has 10 nitrogen and oxygen atoms in total. The topological polar surface area (TPSA) is 144 Å². The molecule has 10 heteroatoms. The van der Waals surface area contributed by atoms with E-state index in [1.807, 2.05) is 30.3 Å². The van der Waals surface area contributed by atoms with Crippen LogP contribution in [0.1, 0.15) is 22.7 Å². The van der Waals surface area contributed by atoms with Gasteiger partial charge in [0.2, 0.25) is 5.60 Å². The normalized spacial score (nSPS) is 20.4. The van der Waals surface area contributed by atoms with Crippen LogP contribution in [-0.4, -0.2) is 65.3 Å². The molecule has 4 N–H and O–H groups in total. The minimum absolute atomic E-state index is 0.115. The molecule has 2 aliphatic heterocycles. The Balaban J connectivity index is 1.41. The van der Waals surface area contributed by atoms with Crippen LogP contribution < -0.4 is 11.1 Å². The number of aliphatic hydroxyl groups is 1. The Labute approximate surface area is 195 Å². The molecular formula is C24H25N5O5. The monoisotopic (exact) mass is 463 g/mol. The summed E-state index contributed by atoms with van der Waals surface area (Å²) in [7, 11) is 1.64. The lowest BCUT2D eigenvalue weighted by Gasteiger charge is -2.26. The molecule has 1 unspecified atom stereocenters. The van der Waals surface area contributed by atoms with Crippen LogP contribution in [0.5, 0.6) is 0 Å². The predicted octanol–water partition coefficient (Wildman–Crippen LogP) is 1.61. The fourth-order valence-corrected chi connectivity index (χ4v) is 4.13. The van der Waals surface area contributed by atoms with Crippen LogP contribution in [-0.2, 0) is 15.1 Å². The minimum Gasteiger partial charge on any atom is -0.383 e. The van der Waals surface area contributed by atoms with Crippen LogP contribution in [0.2, 0.25) is 0 Å². The first-order valence-corrected chi connectivity index (χ1v) is 11.0. The van der Waals surface area contributed by atoms with Crippen LogP contribution in [0.3, 0.4) is 0 Å². The van der Waals surface area contributed by atoms with E-state index in [9.17, 15) is 14.7 Å². The summed E-state index contributed by atoms with van der Waals surface area (Å²) in [4.78, 5) is 30.4. The minimum atomic E-state index is -1.70. The van der Waals surface area contributed by atoms with Gasteiger partial charge in [0, 0.05) is 49.7 Å². The summed E-state index contributed by atoms with van der Waals surface area (Å²) in [5.41, 5.74) is 7.14. The Kier molecular flexibility index (Phi) is 5.54. The van der Waals surface area contributed by atoms with Crippen LogP contribution in [0.25, 0.3) is 22.5 Å². The average Bonchev–Trinajstić information content (AvgIpc) is 3.41. The molecule has 2 saturated heterocycles. The molecule has 2 fully saturated rings. The zero-order valence-corrected chi connectivity index (χ0v) is 18.7. The maximum absolute atomic E-state index is 12.4. The first-order chi connectivity index (χ1) is 16.3. The lowest BCUT2D eigenvalue weighted by Crippen LogP contribution is -2.35. The van der Waals surface area contributed by atoms with Crippen molar-refractivity contribution in [3.05, 3.63) is 53.9 Å². The SMILES string of the molecule is CN1CCC(O)(c2cc(-c3cccc(-c4ccc(NCC5COC5)c(C(N)=O)n4)c3)no2)C1=O. The lowest BCUT2D eigenvalue weighted by molar-refractivity contribution is -0.144. The molecule has 5 rings (SSSR count). The molecule has 1 atom stereocenters. The Bertz CT molecular complexity index is 1250. The fourth-order valence-electron chi connectivity index (χ4n) is 4.13. The highest BCUT2D eigenvalue weighted by molar-refractivity contribution is 5.97. The van der Waals surface area contributed by atoms with Gasteiger partial charge in [-0.05, 0) is 18.2 Å². The third-order valence-corrected chi connectivity index (χ3v) is 6.30. The summed E-state index contributed by atoms with van der Waals surface area (Å²) in [6, 6.07) is 12.6. The number of carbonyl (C=O) groups excluding carboxylic acids is 2. The number of nitrogens with zero attached hydrogens (tertiary/aromatic N) is 3. The number of likely N-dealkylation sites (tertiary alicyclic amines) is 1. The van der Waals surface area contributed by atoms with Gasteiger partial charge in [-0.3, -0.25) is 9.59 Å². The highest BCUT2D eigenvalue weighted by Crippen LogP contribution is 2.35. The van der Waals surface area contributed by atoms with E-state index in [4.69, 9.17) is 15.0 Å². The number of benzene rings is 1. The van der Waals surface area contributed by atoms with Crippen molar-refractivity contribution in [2.45, 2.75) is 12.0 Å². The van der Waals surface area contributed by atoms with Crippen molar-refractivity contribution in [1.29, 1.82) is 0 Å². The maximum atomic E-state index is 12.4. The number of likely N-dealkylation sites (N-methyl/N-ethyl adjacent to an activating group) is 1. The smallest absolute Gasteiger partial charge is 0.269 e. The van der Waals surface area contributed by atoms with E-state index >= 15 is 0 Å². The number of ether oxygens (including phenoxy) is 1. The van der Waals surface area contributed by atoms with Crippen molar-refractivity contribution < 1.29 is 24.0 Å². The van der Waals surface area contributed by atoms with E-state index in [0.717, 1.165) is 5.56 Å². The van der Waals surface area contributed by atoms with Gasteiger partial charge in [-0.25, -0.2) is 4.98 Å². The summed E-state index contributed by atoms with van der Waals surface area (Å²) in [5.74, 6) is -0.511. The third kappa shape index (κ3) is 3.91. The number of primary amides is 1. The van der Waals surface area contributed by atoms with Gasteiger partial charge in [0.05, 0.1) is 24.6 Å². The molecule has 3 aromatic rings. The zero-order valence-electron chi connectivity index (χ0n) is 18.7. The van der Waals surface area contributed by atoms with Crippen LogP contribution in [0, 0.1) is 5.92 Å². The summed E-state index contributed by atoms with van der Waals surface area (Å²) in [5, 5.41) is 18.1. The highest BCUT2D eigenvalue weighted by atomic mass is 16.5. The number of hydrogen-bond donors (Lipinski definition) is 3. The fraction of sp³-hybridized carbons (Fsp3) is 0.333. The number of carbonyl (C=O) groups is 2. The van der Waals surface area contributed by atoms with E-state index in [-0.39, 0.29) is 17.9 Å². The quantitative estimate of drug-likeness (QED) is 0.479. The number of nitrogens with one attached hydrogen (secondary N) is 1. The number of amides is 2. The second-order valence-corrected chi connectivity index (χ2v) is 8.74. The van der Waals surface area contributed by atoms with E-state index in [1.165, 1.54) is 4.90 Å². The van der Waals surface area contributed by atoms with Crippen molar-refractivity contribution in [1.82, 2.24) is 15.0 Å². The number of anilines is 1. The molecule has 2 aromatic heterocycles. The van der Waals surface area contributed by atoms with Crippen molar-refractivity contribution in [2.75, 3.05) is 38.7 Å². The number of nitrogens with two attached hydrogens (primary N) is 1. The first kappa shape index (κ1) is 22.1.